The topological polar surface area (TPSA) is 70.7 Å². The van der Waals surface area contributed by atoms with Crippen LogP contribution in [0, 0.1) is 5.92 Å². The van der Waals surface area contributed by atoms with E-state index in [-0.39, 0.29) is 11.2 Å². The van der Waals surface area contributed by atoms with Crippen molar-refractivity contribution >= 4 is 29.0 Å². The van der Waals surface area contributed by atoms with E-state index in [0.29, 0.717) is 17.1 Å². The van der Waals surface area contributed by atoms with Gasteiger partial charge in [0.25, 0.3) is 0 Å². The predicted octanol–water partition coefficient (Wildman–Crippen LogP) is 3.71. The van der Waals surface area contributed by atoms with Crippen LogP contribution in [0.1, 0.15) is 39.5 Å². The van der Waals surface area contributed by atoms with Gasteiger partial charge in [-0.15, -0.1) is 16.4 Å². The van der Waals surface area contributed by atoms with Gasteiger partial charge in [-0.2, -0.15) is 0 Å². The molecule has 3 atom stereocenters. The largest absolute Gasteiger partial charge is 0.352 e. The first kappa shape index (κ1) is 16.5. The minimum atomic E-state index is -0.198. The van der Waals surface area contributed by atoms with Crippen LogP contribution < -0.4 is 5.32 Å². The fraction of sp³-hybridized carbons (Fsp3) is 0.562. The minimum Gasteiger partial charge on any atom is -0.352 e. The van der Waals surface area contributed by atoms with Crippen molar-refractivity contribution in [2.75, 3.05) is 0 Å². The number of hydrogen-bond acceptors (Lipinski definition) is 5. The first-order valence-corrected chi connectivity index (χ1v) is 9.82. The number of thiophene rings is 1. The van der Waals surface area contributed by atoms with E-state index in [1.807, 2.05) is 24.4 Å². The zero-order chi connectivity index (χ0) is 16.2. The SMILES string of the molecule is C[C@@H]1CCCC[C@@H]1NC(=O)[C@@H](C)Sc1n[nH]c(-c2cccs2)n1. The first-order chi connectivity index (χ1) is 11.1. The van der Waals surface area contributed by atoms with E-state index in [0.717, 1.165) is 17.1 Å². The molecule has 0 bridgehead atoms. The molecule has 124 valence electrons. The van der Waals surface area contributed by atoms with Crippen molar-refractivity contribution in [1.29, 1.82) is 0 Å². The van der Waals surface area contributed by atoms with Gasteiger partial charge in [0.15, 0.2) is 5.82 Å². The highest BCUT2D eigenvalue weighted by Crippen LogP contribution is 2.27. The highest BCUT2D eigenvalue weighted by Gasteiger charge is 2.25. The van der Waals surface area contributed by atoms with Crippen LogP contribution in [0.15, 0.2) is 22.7 Å². The van der Waals surface area contributed by atoms with Gasteiger partial charge in [-0.05, 0) is 37.1 Å². The monoisotopic (exact) mass is 350 g/mol. The smallest absolute Gasteiger partial charge is 0.233 e. The normalized spacial score (nSPS) is 22.7. The summed E-state index contributed by atoms with van der Waals surface area (Å²) in [6, 6.07) is 4.30. The Balaban J connectivity index is 1.56. The molecule has 23 heavy (non-hydrogen) atoms. The maximum Gasteiger partial charge on any atom is 0.233 e. The lowest BCUT2D eigenvalue weighted by atomic mass is 9.86. The lowest BCUT2D eigenvalue weighted by molar-refractivity contribution is -0.121. The fourth-order valence-corrected chi connectivity index (χ4v) is 4.26. The Morgan fingerprint density at radius 1 is 1.48 bits per heavy atom. The van der Waals surface area contributed by atoms with Gasteiger partial charge in [-0.25, -0.2) is 4.98 Å². The molecular weight excluding hydrogens is 328 g/mol. The second-order valence-electron chi connectivity index (χ2n) is 6.08. The first-order valence-electron chi connectivity index (χ1n) is 8.07. The summed E-state index contributed by atoms with van der Waals surface area (Å²) >= 11 is 3.01. The number of thioether (sulfide) groups is 1. The summed E-state index contributed by atoms with van der Waals surface area (Å²) in [5, 5.41) is 12.8. The summed E-state index contributed by atoms with van der Waals surface area (Å²) in [5.41, 5.74) is 0. The number of hydrogen-bond donors (Lipinski definition) is 2. The zero-order valence-corrected chi connectivity index (χ0v) is 15.0. The Bertz CT molecular complexity index is 640. The summed E-state index contributed by atoms with van der Waals surface area (Å²) in [4.78, 5) is 17.9. The maximum absolute atomic E-state index is 12.4. The molecular formula is C16H22N4OS2. The molecule has 2 aromatic rings. The molecule has 1 aliphatic carbocycles. The lowest BCUT2D eigenvalue weighted by Crippen LogP contribution is -2.44. The van der Waals surface area contributed by atoms with E-state index < -0.39 is 0 Å². The molecule has 5 nitrogen and oxygen atoms in total. The molecule has 0 spiro atoms. The molecule has 7 heteroatoms. The van der Waals surface area contributed by atoms with E-state index in [1.54, 1.807) is 11.3 Å². The third-order valence-corrected chi connectivity index (χ3v) is 6.15. The van der Waals surface area contributed by atoms with Gasteiger partial charge >= 0.3 is 0 Å². The number of nitrogens with zero attached hydrogens (tertiary/aromatic N) is 2. The van der Waals surface area contributed by atoms with Gasteiger partial charge in [-0.3, -0.25) is 9.89 Å². The van der Waals surface area contributed by atoms with Crippen LogP contribution in [0.25, 0.3) is 10.7 Å². The average molecular weight is 351 g/mol. The molecule has 2 N–H and O–H groups in total. The van der Waals surface area contributed by atoms with E-state index in [1.165, 1.54) is 31.0 Å². The van der Waals surface area contributed by atoms with Crippen molar-refractivity contribution in [2.45, 2.75) is 56.0 Å². The van der Waals surface area contributed by atoms with Crippen molar-refractivity contribution in [3.8, 4) is 10.7 Å². The van der Waals surface area contributed by atoms with Crippen LogP contribution in [0.5, 0.6) is 0 Å². The third kappa shape index (κ3) is 4.14. The quantitative estimate of drug-likeness (QED) is 0.807. The Kier molecular flexibility index (Phi) is 5.38. The minimum absolute atomic E-state index is 0.0798. The number of nitrogens with one attached hydrogen (secondary N) is 2. The Hall–Kier alpha value is -1.34. The number of aromatic amines is 1. The summed E-state index contributed by atoms with van der Waals surface area (Å²) in [7, 11) is 0. The second-order valence-corrected chi connectivity index (χ2v) is 8.34. The maximum atomic E-state index is 12.4. The van der Waals surface area contributed by atoms with Crippen molar-refractivity contribution in [3.05, 3.63) is 17.5 Å². The van der Waals surface area contributed by atoms with Crippen LogP contribution in [0.2, 0.25) is 0 Å². The molecule has 2 aromatic heterocycles. The molecule has 0 saturated heterocycles. The van der Waals surface area contributed by atoms with E-state index in [9.17, 15) is 4.79 Å². The van der Waals surface area contributed by atoms with Crippen molar-refractivity contribution in [3.63, 3.8) is 0 Å². The van der Waals surface area contributed by atoms with Gasteiger partial charge in [0.05, 0.1) is 10.1 Å². The standard InChI is InChI=1S/C16H22N4OS2/c1-10-6-3-4-7-12(10)17-15(21)11(2)23-16-18-14(19-20-16)13-8-5-9-22-13/h5,8-12H,3-4,6-7H2,1-2H3,(H,17,21)(H,18,19,20)/t10-,11-,12+/m1/s1. The molecule has 2 heterocycles. The molecule has 0 radical (unpaired) electrons. The molecule has 0 aromatic carbocycles. The molecule has 1 amide bonds. The van der Waals surface area contributed by atoms with Crippen LogP contribution in [0.4, 0.5) is 0 Å². The summed E-state index contributed by atoms with van der Waals surface area (Å²) in [6.07, 6.45) is 4.79. The van der Waals surface area contributed by atoms with Crippen LogP contribution in [-0.4, -0.2) is 32.4 Å². The number of amides is 1. The predicted molar refractivity (Wildman–Crippen MR) is 94.6 cm³/mol. The van der Waals surface area contributed by atoms with Crippen molar-refractivity contribution < 1.29 is 4.79 Å². The van der Waals surface area contributed by atoms with Crippen molar-refractivity contribution in [1.82, 2.24) is 20.5 Å². The van der Waals surface area contributed by atoms with E-state index in [4.69, 9.17) is 0 Å². The number of carbonyl (C=O) groups is 1. The molecule has 3 rings (SSSR count). The van der Waals surface area contributed by atoms with Gasteiger partial charge in [0.2, 0.25) is 11.1 Å². The zero-order valence-electron chi connectivity index (χ0n) is 13.4. The number of aromatic nitrogens is 3. The van der Waals surface area contributed by atoms with Crippen molar-refractivity contribution in [2.24, 2.45) is 5.92 Å². The Labute approximate surface area is 144 Å². The Morgan fingerprint density at radius 3 is 3.04 bits per heavy atom. The highest BCUT2D eigenvalue weighted by molar-refractivity contribution is 8.00. The second kappa shape index (κ2) is 7.49. The van der Waals surface area contributed by atoms with Gasteiger partial charge in [0.1, 0.15) is 0 Å². The highest BCUT2D eigenvalue weighted by atomic mass is 32.2. The van der Waals surface area contributed by atoms with Gasteiger partial charge < -0.3 is 5.32 Å². The Morgan fingerprint density at radius 2 is 2.30 bits per heavy atom. The molecule has 0 aliphatic heterocycles. The van der Waals surface area contributed by atoms with E-state index >= 15 is 0 Å². The molecule has 1 saturated carbocycles. The molecule has 1 fully saturated rings. The van der Waals surface area contributed by atoms with Crippen LogP contribution >= 0.6 is 23.1 Å². The average Bonchev–Trinajstić information content (AvgIpc) is 3.20. The van der Waals surface area contributed by atoms with Gasteiger partial charge in [-0.1, -0.05) is 37.6 Å². The molecule has 0 unspecified atom stereocenters. The van der Waals surface area contributed by atoms with Crippen LogP contribution in [0.3, 0.4) is 0 Å². The van der Waals surface area contributed by atoms with Gasteiger partial charge in [0, 0.05) is 6.04 Å². The summed E-state index contributed by atoms with van der Waals surface area (Å²) in [5.74, 6) is 1.41. The summed E-state index contributed by atoms with van der Waals surface area (Å²) < 4.78 is 0. The number of H-pyrrole nitrogens is 1. The van der Waals surface area contributed by atoms with Crippen LogP contribution in [-0.2, 0) is 4.79 Å². The number of carbonyl (C=O) groups excluding carboxylic acids is 1. The number of rotatable bonds is 5. The third-order valence-electron chi connectivity index (χ3n) is 4.31. The lowest BCUT2D eigenvalue weighted by Gasteiger charge is -2.30. The molecule has 1 aliphatic rings. The van der Waals surface area contributed by atoms with E-state index in [2.05, 4.69) is 27.4 Å². The fourth-order valence-electron chi connectivity index (χ4n) is 2.87. The summed E-state index contributed by atoms with van der Waals surface area (Å²) in [6.45, 7) is 4.14.